The van der Waals surface area contributed by atoms with Crippen molar-refractivity contribution in [3.8, 4) is 10.6 Å². The molecule has 0 amide bonds. The summed E-state index contributed by atoms with van der Waals surface area (Å²) in [6.07, 6.45) is 1.63. The van der Waals surface area contributed by atoms with Crippen LogP contribution in [0.2, 0.25) is 0 Å². The molecule has 0 saturated heterocycles. The molecule has 2 aromatic rings. The van der Waals surface area contributed by atoms with Gasteiger partial charge in [-0.1, -0.05) is 0 Å². The summed E-state index contributed by atoms with van der Waals surface area (Å²) in [4.78, 5) is 12.8. The SMILES string of the molecule is CC(=O)c1ccc(-c2cccnn2)s1. The summed E-state index contributed by atoms with van der Waals surface area (Å²) in [7, 11) is 0. The molecule has 0 aromatic carbocycles. The molecule has 2 rings (SSSR count). The number of hydrogen-bond donors (Lipinski definition) is 0. The fourth-order valence-corrected chi connectivity index (χ4v) is 1.96. The van der Waals surface area contributed by atoms with Crippen molar-refractivity contribution in [1.82, 2.24) is 10.2 Å². The van der Waals surface area contributed by atoms with Gasteiger partial charge in [-0.2, -0.15) is 5.10 Å². The summed E-state index contributed by atoms with van der Waals surface area (Å²) < 4.78 is 0. The van der Waals surface area contributed by atoms with Crippen molar-refractivity contribution >= 4 is 17.1 Å². The van der Waals surface area contributed by atoms with E-state index in [2.05, 4.69) is 10.2 Å². The van der Waals surface area contributed by atoms with Crippen LogP contribution in [-0.4, -0.2) is 16.0 Å². The second-order valence-corrected chi connectivity index (χ2v) is 3.91. The van der Waals surface area contributed by atoms with E-state index in [1.165, 1.54) is 11.3 Å². The Labute approximate surface area is 85.4 Å². The topological polar surface area (TPSA) is 42.9 Å². The third-order valence-electron chi connectivity index (χ3n) is 1.78. The average Bonchev–Trinajstić information content (AvgIpc) is 2.68. The minimum atomic E-state index is 0.0881. The molecular weight excluding hydrogens is 196 g/mol. The fraction of sp³-hybridized carbons (Fsp3) is 0.100. The Morgan fingerprint density at radius 1 is 1.36 bits per heavy atom. The quantitative estimate of drug-likeness (QED) is 0.705. The van der Waals surface area contributed by atoms with E-state index in [1.54, 1.807) is 13.1 Å². The van der Waals surface area contributed by atoms with E-state index in [0.717, 1.165) is 15.4 Å². The Hall–Kier alpha value is -1.55. The zero-order chi connectivity index (χ0) is 9.97. The highest BCUT2D eigenvalue weighted by Gasteiger charge is 2.06. The van der Waals surface area contributed by atoms with Crippen LogP contribution in [0.15, 0.2) is 30.5 Å². The van der Waals surface area contributed by atoms with Gasteiger partial charge in [-0.3, -0.25) is 4.79 Å². The molecule has 70 valence electrons. The third kappa shape index (κ3) is 1.70. The summed E-state index contributed by atoms with van der Waals surface area (Å²) in [6.45, 7) is 1.56. The molecule has 0 unspecified atom stereocenters. The molecule has 0 saturated carbocycles. The van der Waals surface area contributed by atoms with Crippen molar-refractivity contribution in [2.45, 2.75) is 6.92 Å². The number of rotatable bonds is 2. The average molecular weight is 204 g/mol. The Morgan fingerprint density at radius 2 is 2.21 bits per heavy atom. The van der Waals surface area contributed by atoms with Crippen LogP contribution in [0.1, 0.15) is 16.6 Å². The van der Waals surface area contributed by atoms with Gasteiger partial charge in [0.05, 0.1) is 9.75 Å². The van der Waals surface area contributed by atoms with Crippen LogP contribution >= 0.6 is 11.3 Å². The van der Waals surface area contributed by atoms with Crippen molar-refractivity contribution in [2.24, 2.45) is 0 Å². The first-order valence-corrected chi connectivity index (χ1v) is 4.98. The largest absolute Gasteiger partial charge is 0.294 e. The molecule has 0 radical (unpaired) electrons. The first-order valence-electron chi connectivity index (χ1n) is 4.16. The molecule has 0 aliphatic rings. The Balaban J connectivity index is 2.39. The molecule has 0 bridgehead atoms. The maximum absolute atomic E-state index is 11.1. The highest BCUT2D eigenvalue weighted by molar-refractivity contribution is 7.17. The predicted octanol–water partition coefficient (Wildman–Crippen LogP) is 2.41. The van der Waals surface area contributed by atoms with E-state index in [4.69, 9.17) is 0 Å². The van der Waals surface area contributed by atoms with Crippen molar-refractivity contribution in [2.75, 3.05) is 0 Å². The number of ketones is 1. The zero-order valence-corrected chi connectivity index (χ0v) is 8.41. The van der Waals surface area contributed by atoms with E-state index in [1.807, 2.05) is 24.3 Å². The molecule has 14 heavy (non-hydrogen) atoms. The van der Waals surface area contributed by atoms with Crippen molar-refractivity contribution in [3.05, 3.63) is 35.3 Å². The van der Waals surface area contributed by atoms with Crippen LogP contribution < -0.4 is 0 Å². The van der Waals surface area contributed by atoms with Crippen molar-refractivity contribution in [1.29, 1.82) is 0 Å². The lowest BCUT2D eigenvalue weighted by atomic mass is 10.3. The van der Waals surface area contributed by atoms with Gasteiger partial charge in [0, 0.05) is 6.20 Å². The molecule has 3 nitrogen and oxygen atoms in total. The highest BCUT2D eigenvalue weighted by Crippen LogP contribution is 2.25. The van der Waals surface area contributed by atoms with E-state index in [0.29, 0.717) is 0 Å². The first kappa shape index (κ1) is 9.02. The third-order valence-corrected chi connectivity index (χ3v) is 2.99. The molecule has 0 fully saturated rings. The maximum Gasteiger partial charge on any atom is 0.169 e. The second kappa shape index (κ2) is 3.67. The zero-order valence-electron chi connectivity index (χ0n) is 7.60. The molecule has 0 atom stereocenters. The van der Waals surface area contributed by atoms with Crippen LogP contribution in [-0.2, 0) is 0 Å². The van der Waals surface area contributed by atoms with Crippen molar-refractivity contribution in [3.63, 3.8) is 0 Å². The van der Waals surface area contributed by atoms with Gasteiger partial charge in [0.15, 0.2) is 5.78 Å². The Kier molecular flexibility index (Phi) is 2.37. The normalized spacial score (nSPS) is 10.1. The first-order chi connectivity index (χ1) is 6.77. The van der Waals surface area contributed by atoms with Gasteiger partial charge in [-0.05, 0) is 31.2 Å². The number of carbonyl (C=O) groups is 1. The van der Waals surface area contributed by atoms with Crippen LogP contribution in [0.3, 0.4) is 0 Å². The smallest absolute Gasteiger partial charge is 0.169 e. The molecule has 0 aliphatic carbocycles. The summed E-state index contributed by atoms with van der Waals surface area (Å²) >= 11 is 1.44. The Bertz CT molecular complexity index is 450. The molecule has 2 heterocycles. The maximum atomic E-state index is 11.1. The minimum Gasteiger partial charge on any atom is -0.294 e. The van der Waals surface area contributed by atoms with Gasteiger partial charge < -0.3 is 0 Å². The molecular formula is C10H8N2OS. The number of carbonyl (C=O) groups excluding carboxylic acids is 1. The molecule has 4 heteroatoms. The van der Waals surface area contributed by atoms with Gasteiger partial charge in [-0.25, -0.2) is 0 Å². The fourth-order valence-electron chi connectivity index (χ4n) is 1.10. The minimum absolute atomic E-state index is 0.0881. The van der Waals surface area contributed by atoms with Crippen molar-refractivity contribution < 1.29 is 4.79 Å². The van der Waals surface area contributed by atoms with E-state index >= 15 is 0 Å². The predicted molar refractivity (Wildman–Crippen MR) is 55.3 cm³/mol. The lowest BCUT2D eigenvalue weighted by Gasteiger charge is -1.91. The molecule has 0 spiro atoms. The summed E-state index contributed by atoms with van der Waals surface area (Å²) in [6, 6.07) is 7.42. The van der Waals surface area contributed by atoms with Gasteiger partial charge in [0.25, 0.3) is 0 Å². The lowest BCUT2D eigenvalue weighted by Crippen LogP contribution is -1.84. The van der Waals surface area contributed by atoms with Gasteiger partial charge in [-0.15, -0.1) is 16.4 Å². The van der Waals surface area contributed by atoms with Crippen LogP contribution in [0.4, 0.5) is 0 Å². The molecule has 0 N–H and O–H groups in total. The van der Waals surface area contributed by atoms with Crippen LogP contribution in [0.25, 0.3) is 10.6 Å². The monoisotopic (exact) mass is 204 g/mol. The number of hydrogen-bond acceptors (Lipinski definition) is 4. The van der Waals surface area contributed by atoms with Crippen LogP contribution in [0, 0.1) is 0 Å². The molecule has 2 aromatic heterocycles. The number of nitrogens with zero attached hydrogens (tertiary/aromatic N) is 2. The molecule has 0 aliphatic heterocycles. The summed E-state index contributed by atoms with van der Waals surface area (Å²) in [5, 5.41) is 7.76. The highest BCUT2D eigenvalue weighted by atomic mass is 32.1. The Morgan fingerprint density at radius 3 is 2.79 bits per heavy atom. The van der Waals surface area contributed by atoms with E-state index < -0.39 is 0 Å². The summed E-state index contributed by atoms with van der Waals surface area (Å²) in [5.74, 6) is 0.0881. The number of aromatic nitrogens is 2. The van der Waals surface area contributed by atoms with Gasteiger partial charge in [0.1, 0.15) is 5.69 Å². The number of thiophene rings is 1. The second-order valence-electron chi connectivity index (χ2n) is 2.83. The standard InChI is InChI=1S/C10H8N2OS/c1-7(13)9-4-5-10(14-9)8-3-2-6-11-12-8/h2-6H,1H3. The van der Waals surface area contributed by atoms with Crippen LogP contribution in [0.5, 0.6) is 0 Å². The lowest BCUT2D eigenvalue weighted by molar-refractivity contribution is 0.102. The van der Waals surface area contributed by atoms with E-state index in [-0.39, 0.29) is 5.78 Å². The van der Waals surface area contributed by atoms with E-state index in [9.17, 15) is 4.79 Å². The number of Topliss-reactive ketones (excluding diaryl/α,β-unsaturated/α-hetero) is 1. The summed E-state index contributed by atoms with van der Waals surface area (Å²) in [5.41, 5.74) is 0.810. The van der Waals surface area contributed by atoms with Gasteiger partial charge in [0.2, 0.25) is 0 Å². The van der Waals surface area contributed by atoms with Gasteiger partial charge >= 0.3 is 0 Å².